The number of carboxylic acid groups (broad SMARTS) is 1. The van der Waals surface area contributed by atoms with Crippen LogP contribution in [0, 0.1) is 39.4 Å². The van der Waals surface area contributed by atoms with E-state index in [0.29, 0.717) is 23.3 Å². The number of fused-ring (bicyclic) bond motifs is 5. The maximum atomic E-state index is 12.4. The van der Waals surface area contributed by atoms with Crippen LogP contribution in [0.15, 0.2) is 34.9 Å². The van der Waals surface area contributed by atoms with Gasteiger partial charge in [0.25, 0.3) is 0 Å². The molecule has 0 amide bonds. The SMILES string of the molecule is CC(=O)OC1CC[C@]2(C)C3=CC[C@]4(C)C(C(C)CC/C=C(\C)C(=O)O)CC(OC(C)=O)[C@]4(C)C3=CCC2C1(C)C. The van der Waals surface area contributed by atoms with Gasteiger partial charge in [0.2, 0.25) is 0 Å². The molecule has 8 atom stereocenters. The fourth-order valence-corrected chi connectivity index (χ4v) is 9.52. The Labute approximate surface area is 240 Å². The van der Waals surface area contributed by atoms with Crippen LogP contribution in [-0.4, -0.2) is 35.2 Å². The van der Waals surface area contributed by atoms with E-state index in [4.69, 9.17) is 9.47 Å². The van der Waals surface area contributed by atoms with Crippen molar-refractivity contribution in [2.75, 3.05) is 0 Å². The molecule has 0 aliphatic heterocycles. The van der Waals surface area contributed by atoms with Crippen molar-refractivity contribution in [1.29, 1.82) is 0 Å². The zero-order valence-corrected chi connectivity index (χ0v) is 26.1. The summed E-state index contributed by atoms with van der Waals surface area (Å²) < 4.78 is 12.0. The second-order valence-corrected chi connectivity index (χ2v) is 14.4. The molecule has 0 aromatic rings. The van der Waals surface area contributed by atoms with Crippen molar-refractivity contribution in [3.63, 3.8) is 0 Å². The summed E-state index contributed by atoms with van der Waals surface area (Å²) in [5, 5.41) is 9.25. The van der Waals surface area contributed by atoms with Gasteiger partial charge in [-0.2, -0.15) is 0 Å². The van der Waals surface area contributed by atoms with Crippen molar-refractivity contribution < 1.29 is 29.0 Å². The summed E-state index contributed by atoms with van der Waals surface area (Å²) in [6, 6.07) is 0. The highest BCUT2D eigenvalue weighted by atomic mass is 16.5. The third-order valence-corrected chi connectivity index (χ3v) is 12.0. The van der Waals surface area contributed by atoms with Gasteiger partial charge in [-0.3, -0.25) is 9.59 Å². The summed E-state index contributed by atoms with van der Waals surface area (Å²) in [6.45, 7) is 18.6. The lowest BCUT2D eigenvalue weighted by Crippen LogP contribution is -2.56. The summed E-state index contributed by atoms with van der Waals surface area (Å²) in [5.74, 6) is -0.286. The van der Waals surface area contributed by atoms with Gasteiger partial charge < -0.3 is 14.6 Å². The molecule has 6 nitrogen and oxygen atoms in total. The van der Waals surface area contributed by atoms with Gasteiger partial charge in [0.1, 0.15) is 12.2 Å². The maximum absolute atomic E-state index is 12.4. The first-order valence-electron chi connectivity index (χ1n) is 15.2. The minimum Gasteiger partial charge on any atom is -0.478 e. The molecule has 0 aromatic heterocycles. The summed E-state index contributed by atoms with van der Waals surface area (Å²) in [5.41, 5.74) is 2.53. The molecule has 2 fully saturated rings. The first kappa shape index (κ1) is 30.6. The highest BCUT2D eigenvalue weighted by Gasteiger charge is 2.67. The molecule has 5 unspecified atom stereocenters. The first-order chi connectivity index (χ1) is 18.5. The van der Waals surface area contributed by atoms with Crippen LogP contribution in [0.3, 0.4) is 0 Å². The van der Waals surface area contributed by atoms with Crippen LogP contribution in [0.1, 0.15) is 107 Å². The Hall–Kier alpha value is -2.37. The van der Waals surface area contributed by atoms with Gasteiger partial charge in [-0.05, 0) is 91.6 Å². The number of allylic oxidation sites excluding steroid dienone is 4. The Kier molecular flexibility index (Phi) is 8.01. The Morgan fingerprint density at radius 3 is 2.23 bits per heavy atom. The van der Waals surface area contributed by atoms with Gasteiger partial charge in [-0.15, -0.1) is 0 Å². The van der Waals surface area contributed by atoms with E-state index in [-0.39, 0.29) is 45.8 Å². The van der Waals surface area contributed by atoms with Crippen molar-refractivity contribution in [1.82, 2.24) is 0 Å². The Bertz CT molecular complexity index is 1160. The predicted molar refractivity (Wildman–Crippen MR) is 155 cm³/mol. The molecule has 0 saturated heterocycles. The molecular weight excluding hydrogens is 504 g/mol. The van der Waals surface area contributed by atoms with E-state index in [1.54, 1.807) is 6.92 Å². The number of hydrogen-bond acceptors (Lipinski definition) is 5. The lowest BCUT2D eigenvalue weighted by Gasteiger charge is -2.61. The maximum Gasteiger partial charge on any atom is 0.330 e. The monoisotopic (exact) mass is 554 g/mol. The van der Waals surface area contributed by atoms with Gasteiger partial charge in [-0.1, -0.05) is 59.8 Å². The lowest BCUT2D eigenvalue weighted by molar-refractivity contribution is -0.166. The van der Waals surface area contributed by atoms with E-state index < -0.39 is 5.97 Å². The van der Waals surface area contributed by atoms with E-state index in [9.17, 15) is 19.5 Å². The van der Waals surface area contributed by atoms with Gasteiger partial charge in [0.05, 0.1) is 0 Å². The van der Waals surface area contributed by atoms with Crippen molar-refractivity contribution in [3.05, 3.63) is 34.9 Å². The van der Waals surface area contributed by atoms with Crippen molar-refractivity contribution in [3.8, 4) is 0 Å². The predicted octanol–water partition coefficient (Wildman–Crippen LogP) is 7.43. The highest BCUT2D eigenvalue weighted by Crippen LogP contribution is 2.72. The second kappa shape index (κ2) is 10.5. The largest absolute Gasteiger partial charge is 0.478 e. The standard InChI is InChI=1S/C34H50O6/c1-20(11-10-12-21(2)30(37)38)26-19-29(40-23(4)36)34(9)25-13-14-27-31(5,6)28(39-22(3)35)16-17-32(27,7)24(25)15-18-33(26,34)8/h12-13,15,20,26-29H,10-11,14,16-19H2,1-9H3,(H,37,38)/b21-12+/t20?,26?,27?,28?,29?,32-,33-,34+/m1/s1. The van der Waals surface area contributed by atoms with E-state index in [0.717, 1.165) is 44.9 Å². The fourth-order valence-electron chi connectivity index (χ4n) is 9.52. The summed E-state index contributed by atoms with van der Waals surface area (Å²) >= 11 is 0. The minimum absolute atomic E-state index is 0.0435. The summed E-state index contributed by atoms with van der Waals surface area (Å²) in [4.78, 5) is 35.6. The van der Waals surface area contributed by atoms with Crippen molar-refractivity contribution >= 4 is 17.9 Å². The van der Waals surface area contributed by atoms with Crippen LogP contribution in [0.25, 0.3) is 0 Å². The molecule has 0 heterocycles. The molecule has 2 saturated carbocycles. The van der Waals surface area contributed by atoms with E-state index >= 15 is 0 Å². The Balaban J connectivity index is 1.71. The molecule has 0 bridgehead atoms. The number of ether oxygens (including phenoxy) is 2. The molecule has 1 N–H and O–H groups in total. The average Bonchev–Trinajstić information content (AvgIpc) is 3.07. The van der Waals surface area contributed by atoms with Crippen LogP contribution in [-0.2, 0) is 23.9 Å². The molecule has 0 aromatic carbocycles. The normalized spacial score (nSPS) is 39.1. The number of carbonyl (C=O) groups is 3. The van der Waals surface area contributed by atoms with Crippen LogP contribution in [0.4, 0.5) is 0 Å². The van der Waals surface area contributed by atoms with Gasteiger partial charge in [-0.25, -0.2) is 4.79 Å². The third kappa shape index (κ3) is 4.67. The van der Waals surface area contributed by atoms with Gasteiger partial charge in [0, 0.05) is 30.3 Å². The lowest BCUT2D eigenvalue weighted by atomic mass is 9.44. The quantitative estimate of drug-likeness (QED) is 0.260. The molecular formula is C34H50O6. The summed E-state index contributed by atoms with van der Waals surface area (Å²) in [6.07, 6.45) is 12.5. The molecule has 222 valence electrons. The number of carboxylic acids is 1. The van der Waals surface area contributed by atoms with E-state index in [1.165, 1.54) is 25.0 Å². The van der Waals surface area contributed by atoms with Gasteiger partial charge >= 0.3 is 17.9 Å². The molecule has 4 aliphatic carbocycles. The first-order valence-corrected chi connectivity index (χ1v) is 15.2. The number of rotatable bonds is 7. The second-order valence-electron chi connectivity index (χ2n) is 14.4. The topological polar surface area (TPSA) is 89.9 Å². The molecule has 4 rings (SSSR count). The Morgan fingerprint density at radius 1 is 1.00 bits per heavy atom. The third-order valence-electron chi connectivity index (χ3n) is 12.0. The molecule has 6 heteroatoms. The molecule has 4 aliphatic rings. The van der Waals surface area contributed by atoms with Crippen LogP contribution < -0.4 is 0 Å². The van der Waals surface area contributed by atoms with Crippen molar-refractivity contribution in [2.45, 2.75) is 119 Å². The Morgan fingerprint density at radius 2 is 1.62 bits per heavy atom. The fraction of sp³-hybridized carbons (Fsp3) is 0.735. The zero-order chi connectivity index (χ0) is 29.8. The summed E-state index contributed by atoms with van der Waals surface area (Å²) in [7, 11) is 0. The van der Waals surface area contributed by atoms with Crippen LogP contribution in [0.2, 0.25) is 0 Å². The molecule has 0 radical (unpaired) electrons. The van der Waals surface area contributed by atoms with Gasteiger partial charge in [0.15, 0.2) is 0 Å². The zero-order valence-electron chi connectivity index (χ0n) is 26.1. The number of carbonyl (C=O) groups excluding carboxylic acids is 2. The minimum atomic E-state index is -0.867. The highest BCUT2D eigenvalue weighted by molar-refractivity contribution is 5.85. The smallest absolute Gasteiger partial charge is 0.330 e. The van der Waals surface area contributed by atoms with E-state index in [1.807, 2.05) is 6.08 Å². The molecule has 0 spiro atoms. The molecule has 40 heavy (non-hydrogen) atoms. The van der Waals surface area contributed by atoms with Crippen molar-refractivity contribution in [2.24, 2.45) is 39.4 Å². The van der Waals surface area contributed by atoms with Crippen LogP contribution in [0.5, 0.6) is 0 Å². The average molecular weight is 555 g/mol. The van der Waals surface area contributed by atoms with E-state index in [2.05, 4.69) is 53.7 Å². The van der Waals surface area contributed by atoms with Crippen LogP contribution >= 0.6 is 0 Å². The number of esters is 2. The number of aliphatic carboxylic acids is 1. The number of hydrogen-bond donors (Lipinski definition) is 1.